The molecular weight excluding hydrogens is 312 g/mol. The van der Waals surface area contributed by atoms with Crippen LogP contribution in [0.1, 0.15) is 23.0 Å². The summed E-state index contributed by atoms with van der Waals surface area (Å²) in [4.78, 5) is 11.9. The molecule has 0 atom stereocenters. The summed E-state index contributed by atoms with van der Waals surface area (Å²) in [5, 5.41) is 0.908. The Morgan fingerprint density at radius 1 is 1.37 bits per heavy atom. The standard InChI is InChI=1S/C14H15BrO4/c1-3-17-6-7-18-14(16)13-9(2)11-8-10(15)4-5-12(11)19-13/h4-5,8H,3,6-7H2,1-2H3. The van der Waals surface area contributed by atoms with Crippen molar-refractivity contribution in [1.82, 2.24) is 0 Å². The van der Waals surface area contributed by atoms with Crippen LogP contribution in [0.4, 0.5) is 0 Å². The van der Waals surface area contributed by atoms with Gasteiger partial charge in [-0.1, -0.05) is 15.9 Å². The molecule has 0 spiro atoms. The largest absolute Gasteiger partial charge is 0.457 e. The van der Waals surface area contributed by atoms with Gasteiger partial charge in [-0.05, 0) is 32.0 Å². The third kappa shape index (κ3) is 3.16. The lowest BCUT2D eigenvalue weighted by molar-refractivity contribution is 0.0306. The lowest BCUT2D eigenvalue weighted by Gasteiger charge is -2.03. The van der Waals surface area contributed by atoms with Crippen LogP contribution in [0.5, 0.6) is 0 Å². The second-order valence-corrected chi connectivity index (χ2v) is 4.95. The van der Waals surface area contributed by atoms with Gasteiger partial charge in [0.1, 0.15) is 12.2 Å². The van der Waals surface area contributed by atoms with Crippen LogP contribution in [-0.4, -0.2) is 25.8 Å². The highest BCUT2D eigenvalue weighted by atomic mass is 79.9. The first-order valence-corrected chi connectivity index (χ1v) is 6.86. The van der Waals surface area contributed by atoms with Crippen LogP contribution in [0.2, 0.25) is 0 Å². The Balaban J connectivity index is 2.16. The molecule has 0 aliphatic carbocycles. The Bertz CT molecular complexity index is 588. The van der Waals surface area contributed by atoms with Crippen molar-refractivity contribution in [2.75, 3.05) is 19.8 Å². The Labute approximate surface area is 119 Å². The number of benzene rings is 1. The van der Waals surface area contributed by atoms with E-state index in [0.717, 1.165) is 15.4 Å². The maximum Gasteiger partial charge on any atom is 0.374 e. The molecule has 1 heterocycles. The summed E-state index contributed by atoms with van der Waals surface area (Å²) in [6.45, 7) is 4.97. The Morgan fingerprint density at radius 2 is 2.16 bits per heavy atom. The Morgan fingerprint density at radius 3 is 2.89 bits per heavy atom. The maximum atomic E-state index is 11.9. The smallest absolute Gasteiger partial charge is 0.374 e. The van der Waals surface area contributed by atoms with Crippen LogP contribution >= 0.6 is 15.9 Å². The highest BCUT2D eigenvalue weighted by Crippen LogP contribution is 2.28. The molecule has 0 amide bonds. The fourth-order valence-corrected chi connectivity index (χ4v) is 2.15. The fourth-order valence-electron chi connectivity index (χ4n) is 1.79. The molecule has 0 aliphatic rings. The number of hydrogen-bond acceptors (Lipinski definition) is 4. The summed E-state index contributed by atoms with van der Waals surface area (Å²) in [5.41, 5.74) is 1.47. The number of carbonyl (C=O) groups is 1. The SMILES string of the molecule is CCOCCOC(=O)c1oc2ccc(Br)cc2c1C. The zero-order valence-corrected chi connectivity index (χ0v) is 12.5. The number of hydrogen-bond donors (Lipinski definition) is 0. The number of esters is 1. The summed E-state index contributed by atoms with van der Waals surface area (Å²) in [7, 11) is 0. The number of ether oxygens (including phenoxy) is 2. The van der Waals surface area contributed by atoms with E-state index in [-0.39, 0.29) is 12.4 Å². The average Bonchev–Trinajstić information content (AvgIpc) is 2.72. The molecule has 102 valence electrons. The minimum Gasteiger partial charge on any atom is -0.457 e. The molecule has 0 radical (unpaired) electrons. The van der Waals surface area contributed by atoms with Crippen LogP contribution in [0.25, 0.3) is 11.0 Å². The molecule has 1 aromatic heterocycles. The molecule has 5 heteroatoms. The predicted molar refractivity (Wildman–Crippen MR) is 75.4 cm³/mol. The first-order valence-electron chi connectivity index (χ1n) is 6.07. The van der Waals surface area contributed by atoms with Gasteiger partial charge < -0.3 is 13.9 Å². The molecule has 0 saturated carbocycles. The van der Waals surface area contributed by atoms with Gasteiger partial charge in [-0.25, -0.2) is 4.79 Å². The highest BCUT2D eigenvalue weighted by molar-refractivity contribution is 9.10. The normalized spacial score (nSPS) is 10.9. The van der Waals surface area contributed by atoms with E-state index in [4.69, 9.17) is 13.9 Å². The van der Waals surface area contributed by atoms with E-state index in [1.54, 1.807) is 0 Å². The quantitative estimate of drug-likeness (QED) is 0.621. The van der Waals surface area contributed by atoms with Crippen molar-refractivity contribution in [3.8, 4) is 0 Å². The van der Waals surface area contributed by atoms with Gasteiger partial charge in [0.05, 0.1) is 6.61 Å². The van der Waals surface area contributed by atoms with E-state index in [9.17, 15) is 4.79 Å². The molecule has 2 rings (SSSR count). The molecule has 0 unspecified atom stereocenters. The van der Waals surface area contributed by atoms with Crippen molar-refractivity contribution >= 4 is 32.9 Å². The lowest BCUT2D eigenvalue weighted by Crippen LogP contribution is -2.10. The summed E-state index contributed by atoms with van der Waals surface area (Å²) < 4.78 is 16.7. The minimum absolute atomic E-state index is 0.229. The summed E-state index contributed by atoms with van der Waals surface area (Å²) in [6.07, 6.45) is 0. The zero-order chi connectivity index (χ0) is 13.8. The van der Waals surface area contributed by atoms with E-state index in [1.807, 2.05) is 32.0 Å². The zero-order valence-electron chi connectivity index (χ0n) is 10.9. The monoisotopic (exact) mass is 326 g/mol. The molecule has 0 N–H and O–H groups in total. The number of fused-ring (bicyclic) bond motifs is 1. The first-order chi connectivity index (χ1) is 9.13. The molecule has 4 nitrogen and oxygen atoms in total. The minimum atomic E-state index is -0.454. The van der Waals surface area contributed by atoms with E-state index in [1.165, 1.54) is 0 Å². The van der Waals surface area contributed by atoms with Crippen molar-refractivity contribution in [3.63, 3.8) is 0 Å². The number of carbonyl (C=O) groups excluding carboxylic acids is 1. The number of aryl methyl sites for hydroxylation is 1. The van der Waals surface area contributed by atoms with Gasteiger partial charge in [0.15, 0.2) is 0 Å². The lowest BCUT2D eigenvalue weighted by atomic mass is 10.1. The van der Waals surface area contributed by atoms with Crippen LogP contribution in [0.3, 0.4) is 0 Å². The van der Waals surface area contributed by atoms with E-state index < -0.39 is 5.97 Å². The molecule has 2 aromatic rings. The van der Waals surface area contributed by atoms with Gasteiger partial charge in [-0.3, -0.25) is 0 Å². The van der Waals surface area contributed by atoms with Gasteiger partial charge >= 0.3 is 5.97 Å². The number of rotatable bonds is 5. The van der Waals surface area contributed by atoms with Crippen molar-refractivity contribution in [1.29, 1.82) is 0 Å². The van der Waals surface area contributed by atoms with Crippen molar-refractivity contribution < 1.29 is 18.7 Å². The summed E-state index contributed by atoms with van der Waals surface area (Å²) >= 11 is 3.40. The van der Waals surface area contributed by atoms with Gasteiger partial charge in [0.25, 0.3) is 0 Å². The van der Waals surface area contributed by atoms with E-state index >= 15 is 0 Å². The fraction of sp³-hybridized carbons (Fsp3) is 0.357. The molecule has 1 aromatic carbocycles. The molecule has 0 bridgehead atoms. The molecule has 19 heavy (non-hydrogen) atoms. The van der Waals surface area contributed by atoms with E-state index in [2.05, 4.69) is 15.9 Å². The topological polar surface area (TPSA) is 48.7 Å². The third-order valence-corrected chi connectivity index (χ3v) is 3.24. The molecular formula is C14H15BrO4. The van der Waals surface area contributed by atoms with Crippen LogP contribution in [0.15, 0.2) is 27.1 Å². The average molecular weight is 327 g/mol. The van der Waals surface area contributed by atoms with Crippen LogP contribution in [0, 0.1) is 6.92 Å². The predicted octanol–water partition coefficient (Wildman–Crippen LogP) is 3.70. The Kier molecular flexibility index (Phi) is 4.61. The van der Waals surface area contributed by atoms with Gasteiger partial charge in [0, 0.05) is 22.0 Å². The highest BCUT2D eigenvalue weighted by Gasteiger charge is 2.18. The van der Waals surface area contributed by atoms with Crippen molar-refractivity contribution in [2.45, 2.75) is 13.8 Å². The van der Waals surface area contributed by atoms with E-state index in [0.29, 0.717) is 18.8 Å². The molecule has 0 aliphatic heterocycles. The number of halogens is 1. The van der Waals surface area contributed by atoms with Crippen LogP contribution < -0.4 is 0 Å². The third-order valence-electron chi connectivity index (χ3n) is 2.75. The molecule has 0 saturated heterocycles. The van der Waals surface area contributed by atoms with Crippen molar-refractivity contribution in [3.05, 3.63) is 34.0 Å². The summed E-state index contributed by atoms with van der Waals surface area (Å²) in [5.74, 6) is -0.200. The van der Waals surface area contributed by atoms with Gasteiger partial charge in [-0.2, -0.15) is 0 Å². The Hall–Kier alpha value is -1.33. The van der Waals surface area contributed by atoms with Gasteiger partial charge in [-0.15, -0.1) is 0 Å². The molecule has 0 fully saturated rings. The van der Waals surface area contributed by atoms with Crippen LogP contribution in [-0.2, 0) is 9.47 Å². The second-order valence-electron chi connectivity index (χ2n) is 4.03. The number of furan rings is 1. The summed E-state index contributed by atoms with van der Waals surface area (Å²) in [6, 6.07) is 5.62. The maximum absolute atomic E-state index is 11.9. The first kappa shape index (κ1) is 14.1. The van der Waals surface area contributed by atoms with Crippen molar-refractivity contribution in [2.24, 2.45) is 0 Å². The van der Waals surface area contributed by atoms with Gasteiger partial charge in [0.2, 0.25) is 5.76 Å². The second kappa shape index (κ2) is 6.21.